The summed E-state index contributed by atoms with van der Waals surface area (Å²) in [4.78, 5) is 3.94. The Hall–Kier alpha value is -1.49. The normalized spacial score (nSPS) is 9.09. The smallest absolute Gasteiger partial charge is 0.113 e. The summed E-state index contributed by atoms with van der Waals surface area (Å²) in [5, 5.41) is 0. The van der Waals surface area contributed by atoms with Crippen molar-refractivity contribution in [1.29, 1.82) is 0 Å². The second-order valence-corrected chi connectivity index (χ2v) is 2.27. The number of anilines is 1. The third kappa shape index (κ3) is 1.50. The van der Waals surface area contributed by atoms with E-state index in [1.165, 1.54) is 0 Å². The van der Waals surface area contributed by atoms with Crippen molar-refractivity contribution in [2.24, 2.45) is 0 Å². The van der Waals surface area contributed by atoms with Crippen LogP contribution in [0.15, 0.2) is 12.3 Å². The fourth-order valence-corrected chi connectivity index (χ4v) is 0.893. The Morgan fingerprint density at radius 1 is 1.73 bits per heavy atom. The van der Waals surface area contributed by atoms with Gasteiger partial charge in [0.2, 0.25) is 0 Å². The number of hydrogen-bond donors (Lipinski definition) is 1. The predicted octanol–water partition coefficient (Wildman–Crippen LogP) is 1.21. The Balaban J connectivity index is 3.15. The van der Waals surface area contributed by atoms with Gasteiger partial charge in [0.15, 0.2) is 0 Å². The minimum atomic E-state index is 0.649. The van der Waals surface area contributed by atoms with Gasteiger partial charge in [0.05, 0.1) is 11.9 Å². The van der Waals surface area contributed by atoms with Gasteiger partial charge in [-0.25, -0.2) is 4.98 Å². The van der Waals surface area contributed by atoms with Crippen LogP contribution in [0.5, 0.6) is 0 Å². The van der Waals surface area contributed by atoms with Crippen LogP contribution in [-0.2, 0) is 6.42 Å². The zero-order valence-corrected chi connectivity index (χ0v) is 6.46. The van der Waals surface area contributed by atoms with Gasteiger partial charge in [0.25, 0.3) is 0 Å². The highest BCUT2D eigenvalue weighted by Crippen LogP contribution is 2.10. The Morgan fingerprint density at radius 3 is 3.00 bits per heavy atom. The Morgan fingerprint density at radius 2 is 2.45 bits per heavy atom. The van der Waals surface area contributed by atoms with Gasteiger partial charge >= 0.3 is 0 Å². The van der Waals surface area contributed by atoms with Crippen molar-refractivity contribution in [3.63, 3.8) is 0 Å². The third-order valence-corrected chi connectivity index (χ3v) is 1.55. The summed E-state index contributed by atoms with van der Waals surface area (Å²) in [6, 6.07) is 1.84. The second-order valence-electron chi connectivity index (χ2n) is 2.27. The lowest BCUT2D eigenvalue weighted by molar-refractivity contribution is 1.12. The molecule has 0 aromatic carbocycles. The molecule has 2 N–H and O–H groups in total. The lowest BCUT2D eigenvalue weighted by Gasteiger charge is -2.00. The summed E-state index contributed by atoms with van der Waals surface area (Å²) >= 11 is 0. The molecule has 0 atom stereocenters. The molecular weight excluding hydrogens is 136 g/mol. The number of rotatable bonds is 1. The highest BCUT2D eigenvalue weighted by atomic mass is 14.7. The molecule has 0 fully saturated rings. The van der Waals surface area contributed by atoms with Crippen molar-refractivity contribution in [2.45, 2.75) is 13.3 Å². The van der Waals surface area contributed by atoms with Gasteiger partial charge in [-0.1, -0.05) is 12.8 Å². The summed E-state index contributed by atoms with van der Waals surface area (Å²) in [7, 11) is 0. The molecule has 1 aromatic heterocycles. The molecular formula is C9H10N2. The van der Waals surface area contributed by atoms with E-state index in [2.05, 4.69) is 10.9 Å². The van der Waals surface area contributed by atoms with E-state index in [0.717, 1.165) is 12.0 Å². The Kier molecular flexibility index (Phi) is 2.12. The van der Waals surface area contributed by atoms with E-state index in [9.17, 15) is 0 Å². The molecule has 0 amide bonds. The standard InChI is InChI=1S/C9H10N2/c1-3-7-5-8(4-2)11-6-9(7)10/h2,5-6H,3,10H2,1H3. The van der Waals surface area contributed by atoms with Gasteiger partial charge in [0.1, 0.15) is 5.69 Å². The molecule has 1 rings (SSSR count). The van der Waals surface area contributed by atoms with Gasteiger partial charge in [-0.05, 0) is 18.1 Å². The monoisotopic (exact) mass is 146 g/mol. The van der Waals surface area contributed by atoms with Crippen LogP contribution in [0.25, 0.3) is 0 Å². The summed E-state index contributed by atoms with van der Waals surface area (Å²) in [5.74, 6) is 2.46. The number of terminal acetylenes is 1. The van der Waals surface area contributed by atoms with Crippen molar-refractivity contribution in [3.8, 4) is 12.3 Å². The van der Waals surface area contributed by atoms with Crippen LogP contribution in [0.3, 0.4) is 0 Å². The van der Waals surface area contributed by atoms with Gasteiger partial charge in [-0.3, -0.25) is 0 Å². The Bertz CT molecular complexity index is 297. The van der Waals surface area contributed by atoms with Crippen LogP contribution in [0.2, 0.25) is 0 Å². The molecule has 11 heavy (non-hydrogen) atoms. The number of nitrogens with two attached hydrogens (primary N) is 1. The fraction of sp³-hybridized carbons (Fsp3) is 0.222. The maximum Gasteiger partial charge on any atom is 0.113 e. The summed E-state index contributed by atoms with van der Waals surface area (Å²) < 4.78 is 0. The van der Waals surface area contributed by atoms with Gasteiger partial charge in [-0.15, -0.1) is 6.42 Å². The molecule has 0 bridgehead atoms. The molecule has 2 nitrogen and oxygen atoms in total. The SMILES string of the molecule is C#Cc1cc(CC)c(N)cn1. The molecule has 1 heterocycles. The highest BCUT2D eigenvalue weighted by Gasteiger charge is 1.97. The number of aromatic nitrogens is 1. The first-order chi connectivity index (χ1) is 5.27. The third-order valence-electron chi connectivity index (χ3n) is 1.55. The van der Waals surface area contributed by atoms with Crippen LogP contribution >= 0.6 is 0 Å². The van der Waals surface area contributed by atoms with Crippen LogP contribution < -0.4 is 5.73 Å². The molecule has 0 saturated carbocycles. The maximum absolute atomic E-state index is 5.62. The minimum absolute atomic E-state index is 0.649. The fourth-order valence-electron chi connectivity index (χ4n) is 0.893. The molecule has 0 aliphatic carbocycles. The van der Waals surface area contributed by atoms with E-state index in [0.29, 0.717) is 11.4 Å². The summed E-state index contributed by atoms with van der Waals surface area (Å²) in [6.07, 6.45) is 7.67. The number of nitrogens with zero attached hydrogens (tertiary/aromatic N) is 1. The van der Waals surface area contributed by atoms with E-state index in [1.54, 1.807) is 6.20 Å². The van der Waals surface area contributed by atoms with Crippen LogP contribution in [0.4, 0.5) is 5.69 Å². The van der Waals surface area contributed by atoms with Crippen LogP contribution in [0, 0.1) is 12.3 Å². The molecule has 0 aliphatic rings. The van der Waals surface area contributed by atoms with Crippen molar-refractivity contribution in [3.05, 3.63) is 23.5 Å². The zero-order chi connectivity index (χ0) is 8.27. The molecule has 0 radical (unpaired) electrons. The molecule has 56 valence electrons. The van der Waals surface area contributed by atoms with Crippen molar-refractivity contribution >= 4 is 5.69 Å². The number of nitrogen functional groups attached to an aromatic ring is 1. The van der Waals surface area contributed by atoms with Crippen molar-refractivity contribution in [1.82, 2.24) is 4.98 Å². The number of hydrogen-bond acceptors (Lipinski definition) is 2. The quantitative estimate of drug-likeness (QED) is 0.605. The molecule has 1 aromatic rings. The first-order valence-corrected chi connectivity index (χ1v) is 3.49. The molecule has 0 saturated heterocycles. The van der Waals surface area contributed by atoms with E-state index in [1.807, 2.05) is 13.0 Å². The highest BCUT2D eigenvalue weighted by molar-refractivity contribution is 5.47. The van der Waals surface area contributed by atoms with Gasteiger partial charge in [0, 0.05) is 0 Å². The van der Waals surface area contributed by atoms with Gasteiger partial charge in [-0.2, -0.15) is 0 Å². The second kappa shape index (κ2) is 3.07. The lowest BCUT2D eigenvalue weighted by atomic mass is 10.1. The average molecular weight is 146 g/mol. The van der Waals surface area contributed by atoms with E-state index in [4.69, 9.17) is 12.2 Å². The van der Waals surface area contributed by atoms with Crippen molar-refractivity contribution in [2.75, 3.05) is 5.73 Å². The lowest BCUT2D eigenvalue weighted by Crippen LogP contribution is -1.95. The summed E-state index contributed by atoms with van der Waals surface area (Å²) in [5.41, 5.74) is 8.05. The van der Waals surface area contributed by atoms with E-state index in [-0.39, 0.29) is 0 Å². The molecule has 0 spiro atoms. The van der Waals surface area contributed by atoms with Crippen molar-refractivity contribution < 1.29 is 0 Å². The number of aryl methyl sites for hydroxylation is 1. The topological polar surface area (TPSA) is 38.9 Å². The Labute approximate surface area is 66.4 Å². The maximum atomic E-state index is 5.62. The largest absolute Gasteiger partial charge is 0.397 e. The predicted molar refractivity (Wildman–Crippen MR) is 46.0 cm³/mol. The number of pyridine rings is 1. The van der Waals surface area contributed by atoms with Crippen LogP contribution in [-0.4, -0.2) is 4.98 Å². The zero-order valence-electron chi connectivity index (χ0n) is 6.46. The van der Waals surface area contributed by atoms with Gasteiger partial charge < -0.3 is 5.73 Å². The molecule has 0 unspecified atom stereocenters. The molecule has 0 aliphatic heterocycles. The van der Waals surface area contributed by atoms with E-state index < -0.39 is 0 Å². The minimum Gasteiger partial charge on any atom is -0.397 e. The van der Waals surface area contributed by atoms with E-state index >= 15 is 0 Å². The molecule has 2 heteroatoms. The average Bonchev–Trinajstić information content (AvgIpc) is 2.05. The first-order valence-electron chi connectivity index (χ1n) is 3.49. The van der Waals surface area contributed by atoms with Crippen LogP contribution in [0.1, 0.15) is 18.2 Å². The first kappa shape index (κ1) is 7.62. The summed E-state index contributed by atoms with van der Waals surface area (Å²) in [6.45, 7) is 2.03.